The van der Waals surface area contributed by atoms with Crippen molar-refractivity contribution in [2.75, 3.05) is 4.72 Å². The minimum Gasteiger partial charge on any atom is -0.357 e. The first-order valence-electron chi connectivity index (χ1n) is 7.48. The SMILES string of the molecule is C/C(=N\Oc1ccc(Cl)cc1)c1ccc(C(F)(F)F)cc1NS(=O)(=O)C(F)(F)F. The first-order valence-corrected chi connectivity index (χ1v) is 9.35. The molecule has 0 radical (unpaired) electrons. The van der Waals surface area contributed by atoms with E-state index < -0.39 is 33.0 Å². The van der Waals surface area contributed by atoms with E-state index in [4.69, 9.17) is 16.4 Å². The first kappa shape index (κ1) is 22.8. The zero-order valence-electron chi connectivity index (χ0n) is 14.3. The lowest BCUT2D eigenvalue weighted by atomic mass is 10.1. The molecule has 0 saturated heterocycles. The van der Waals surface area contributed by atoms with Gasteiger partial charge in [0.1, 0.15) is 0 Å². The second kappa shape index (κ2) is 8.11. The molecule has 0 fully saturated rings. The highest BCUT2D eigenvalue weighted by Crippen LogP contribution is 2.34. The van der Waals surface area contributed by atoms with E-state index in [-0.39, 0.29) is 23.1 Å². The van der Waals surface area contributed by atoms with Crippen LogP contribution in [0.5, 0.6) is 5.75 Å². The van der Waals surface area contributed by atoms with Crippen LogP contribution in [0, 0.1) is 0 Å². The van der Waals surface area contributed by atoms with Gasteiger partial charge in [-0.3, -0.25) is 4.72 Å². The monoisotopic (exact) mass is 460 g/mol. The number of nitrogens with one attached hydrogen (secondary N) is 1. The van der Waals surface area contributed by atoms with Gasteiger partial charge in [0.25, 0.3) is 0 Å². The maximum absolute atomic E-state index is 12.9. The minimum atomic E-state index is -5.97. The van der Waals surface area contributed by atoms with Crippen LogP contribution in [0.25, 0.3) is 0 Å². The molecule has 0 aliphatic rings. The molecule has 0 aliphatic heterocycles. The quantitative estimate of drug-likeness (QED) is 0.368. The summed E-state index contributed by atoms with van der Waals surface area (Å²) in [5.74, 6) is 0.179. The molecule has 29 heavy (non-hydrogen) atoms. The highest BCUT2D eigenvalue weighted by Gasteiger charge is 2.46. The third-order valence-corrected chi connectivity index (χ3v) is 4.74. The number of anilines is 1. The second-order valence-electron chi connectivity index (χ2n) is 5.53. The Morgan fingerprint density at radius 1 is 1.03 bits per heavy atom. The number of alkyl halides is 6. The Kier molecular flexibility index (Phi) is 6.38. The highest BCUT2D eigenvalue weighted by molar-refractivity contribution is 7.93. The fourth-order valence-electron chi connectivity index (χ4n) is 1.99. The Morgan fingerprint density at radius 2 is 1.62 bits per heavy atom. The maximum atomic E-state index is 12.9. The third-order valence-electron chi connectivity index (χ3n) is 3.39. The summed E-state index contributed by atoms with van der Waals surface area (Å²) in [4.78, 5) is 5.03. The van der Waals surface area contributed by atoms with Crippen LogP contribution in [-0.2, 0) is 16.2 Å². The molecule has 0 amide bonds. The summed E-state index contributed by atoms with van der Waals surface area (Å²) in [5, 5.41) is 4.01. The van der Waals surface area contributed by atoms with Gasteiger partial charge in [-0.25, -0.2) is 0 Å². The minimum absolute atomic E-state index is 0.179. The van der Waals surface area contributed by atoms with Crippen molar-refractivity contribution in [3.8, 4) is 5.75 Å². The van der Waals surface area contributed by atoms with E-state index in [1.807, 2.05) is 0 Å². The molecule has 0 aromatic heterocycles. The Morgan fingerprint density at radius 3 is 2.14 bits per heavy atom. The molecule has 0 heterocycles. The van der Waals surface area contributed by atoms with Crippen LogP contribution in [-0.4, -0.2) is 19.6 Å². The number of oxime groups is 1. The van der Waals surface area contributed by atoms with Crippen molar-refractivity contribution in [2.24, 2.45) is 5.16 Å². The predicted octanol–water partition coefficient (Wildman–Crippen LogP) is 5.42. The summed E-state index contributed by atoms with van der Waals surface area (Å²) < 4.78 is 101. The summed E-state index contributed by atoms with van der Waals surface area (Å²) in [6.07, 6.45) is -4.91. The van der Waals surface area contributed by atoms with Gasteiger partial charge in [0, 0.05) is 10.6 Å². The van der Waals surface area contributed by atoms with E-state index >= 15 is 0 Å². The van der Waals surface area contributed by atoms with Gasteiger partial charge in [-0.15, -0.1) is 0 Å². The van der Waals surface area contributed by atoms with E-state index in [1.54, 1.807) is 0 Å². The molecule has 158 valence electrons. The number of nitrogens with zero attached hydrogens (tertiary/aromatic N) is 1. The Bertz CT molecular complexity index is 1020. The fourth-order valence-corrected chi connectivity index (χ4v) is 2.69. The van der Waals surface area contributed by atoms with Gasteiger partial charge in [-0.1, -0.05) is 22.8 Å². The van der Waals surface area contributed by atoms with E-state index in [1.165, 1.54) is 31.2 Å². The van der Waals surface area contributed by atoms with E-state index in [2.05, 4.69) is 5.16 Å². The van der Waals surface area contributed by atoms with Gasteiger partial charge in [0.2, 0.25) is 0 Å². The largest absolute Gasteiger partial charge is 0.516 e. The van der Waals surface area contributed by atoms with E-state index in [9.17, 15) is 34.8 Å². The number of sulfonamides is 1. The van der Waals surface area contributed by atoms with Gasteiger partial charge < -0.3 is 4.84 Å². The molecular formula is C16H11ClF6N2O3S. The van der Waals surface area contributed by atoms with Gasteiger partial charge in [0.15, 0.2) is 5.75 Å². The third kappa shape index (κ3) is 5.76. The molecule has 0 saturated carbocycles. The van der Waals surface area contributed by atoms with Crippen molar-refractivity contribution in [3.05, 3.63) is 58.6 Å². The van der Waals surface area contributed by atoms with Gasteiger partial charge in [-0.2, -0.15) is 34.8 Å². The molecular weight excluding hydrogens is 450 g/mol. The zero-order chi connectivity index (χ0) is 22.0. The normalized spacial score (nSPS) is 13.3. The lowest BCUT2D eigenvalue weighted by molar-refractivity contribution is -0.137. The molecule has 2 aromatic rings. The Balaban J connectivity index is 2.46. The lowest BCUT2D eigenvalue weighted by Gasteiger charge is -2.16. The number of hydrogen-bond donors (Lipinski definition) is 1. The molecule has 1 N–H and O–H groups in total. The standard InChI is InChI=1S/C16H11ClF6N2O3S/c1-9(24-28-12-5-3-11(17)4-6-12)13-7-2-10(15(18,19)20)8-14(13)25-29(26,27)16(21,22)23/h2-8,25H,1H3/b24-9+. The molecule has 0 spiro atoms. The summed E-state index contributed by atoms with van der Waals surface area (Å²) >= 11 is 5.70. The van der Waals surface area contributed by atoms with Crippen LogP contribution < -0.4 is 9.56 Å². The van der Waals surface area contributed by atoms with Crippen molar-refractivity contribution >= 4 is 33.0 Å². The van der Waals surface area contributed by atoms with Gasteiger partial charge >= 0.3 is 21.7 Å². The van der Waals surface area contributed by atoms with Crippen LogP contribution in [0.3, 0.4) is 0 Å². The highest BCUT2D eigenvalue weighted by atomic mass is 35.5. The average Bonchev–Trinajstić information content (AvgIpc) is 2.59. The van der Waals surface area contributed by atoms with Crippen LogP contribution in [0.1, 0.15) is 18.1 Å². The van der Waals surface area contributed by atoms with Crippen molar-refractivity contribution in [1.82, 2.24) is 0 Å². The van der Waals surface area contributed by atoms with E-state index in [0.29, 0.717) is 11.1 Å². The average molecular weight is 461 g/mol. The molecule has 0 bridgehead atoms. The Labute approximate surface area is 166 Å². The lowest BCUT2D eigenvalue weighted by Crippen LogP contribution is -2.30. The second-order valence-corrected chi connectivity index (χ2v) is 7.64. The maximum Gasteiger partial charge on any atom is 0.516 e. The van der Waals surface area contributed by atoms with Crippen molar-refractivity contribution < 1.29 is 39.6 Å². The molecule has 5 nitrogen and oxygen atoms in total. The predicted molar refractivity (Wildman–Crippen MR) is 94.3 cm³/mol. The fraction of sp³-hybridized carbons (Fsp3) is 0.188. The van der Waals surface area contributed by atoms with Crippen LogP contribution in [0.2, 0.25) is 5.02 Å². The van der Waals surface area contributed by atoms with E-state index in [0.717, 1.165) is 10.8 Å². The summed E-state index contributed by atoms with van der Waals surface area (Å²) in [5.41, 5.74) is -8.58. The topological polar surface area (TPSA) is 67.8 Å². The van der Waals surface area contributed by atoms with Crippen molar-refractivity contribution in [3.63, 3.8) is 0 Å². The molecule has 2 aromatic carbocycles. The number of hydrogen-bond acceptors (Lipinski definition) is 4. The number of rotatable bonds is 5. The number of benzene rings is 2. The summed E-state index contributed by atoms with van der Waals surface area (Å²) in [6.45, 7) is 1.21. The number of halogens is 7. The summed E-state index contributed by atoms with van der Waals surface area (Å²) in [6, 6.07) is 7.34. The zero-order valence-corrected chi connectivity index (χ0v) is 15.8. The van der Waals surface area contributed by atoms with Crippen molar-refractivity contribution in [2.45, 2.75) is 18.6 Å². The van der Waals surface area contributed by atoms with Crippen LogP contribution >= 0.6 is 11.6 Å². The van der Waals surface area contributed by atoms with Crippen molar-refractivity contribution in [1.29, 1.82) is 0 Å². The first-order chi connectivity index (χ1) is 13.2. The van der Waals surface area contributed by atoms with Crippen LogP contribution in [0.4, 0.5) is 32.0 Å². The molecule has 0 atom stereocenters. The smallest absolute Gasteiger partial charge is 0.357 e. The molecule has 0 unspecified atom stereocenters. The van der Waals surface area contributed by atoms with Gasteiger partial charge in [0.05, 0.1) is 17.0 Å². The van der Waals surface area contributed by atoms with Gasteiger partial charge in [-0.05, 0) is 43.3 Å². The molecule has 0 aliphatic carbocycles. The molecule has 13 heteroatoms. The Hall–Kier alpha value is -2.47. The summed E-state index contributed by atoms with van der Waals surface area (Å²) in [7, 11) is -5.97. The van der Waals surface area contributed by atoms with Crippen LogP contribution in [0.15, 0.2) is 47.6 Å². The molecule has 2 rings (SSSR count).